The van der Waals surface area contributed by atoms with Crippen molar-refractivity contribution >= 4 is 11.6 Å². The number of benzene rings is 1. The number of rotatable bonds is 5. The van der Waals surface area contributed by atoms with Crippen LogP contribution in [0, 0.1) is 0 Å². The van der Waals surface area contributed by atoms with E-state index in [1.165, 1.54) is 0 Å². The molecule has 78 valence electrons. The summed E-state index contributed by atoms with van der Waals surface area (Å²) >= 11 is 5.75. The van der Waals surface area contributed by atoms with Crippen LogP contribution in [0.5, 0.6) is 0 Å². The molecule has 0 aromatic heterocycles. The van der Waals surface area contributed by atoms with Crippen molar-refractivity contribution in [3.05, 3.63) is 34.9 Å². The first-order chi connectivity index (χ1) is 6.74. The van der Waals surface area contributed by atoms with Crippen LogP contribution in [0.3, 0.4) is 0 Å². The summed E-state index contributed by atoms with van der Waals surface area (Å²) in [5, 5.41) is 13.6. The minimum absolute atomic E-state index is 0.397. The lowest BCUT2D eigenvalue weighted by Gasteiger charge is -2.10. The maximum Gasteiger partial charge on any atom is 0.0802 e. The largest absolute Gasteiger partial charge is 0.388 e. The monoisotopic (exact) mass is 213 g/mol. The summed E-state index contributed by atoms with van der Waals surface area (Å²) in [6, 6.07) is 7.32. The molecule has 0 aliphatic carbocycles. The molecule has 2 N–H and O–H groups in total. The molecule has 0 saturated carbocycles. The van der Waals surface area contributed by atoms with Crippen LogP contribution in [0.25, 0.3) is 0 Å². The number of nitrogens with one attached hydrogen (secondary N) is 1. The van der Waals surface area contributed by atoms with Crippen LogP contribution < -0.4 is 5.32 Å². The van der Waals surface area contributed by atoms with Crippen LogP contribution in [0.2, 0.25) is 5.02 Å². The first-order valence-electron chi connectivity index (χ1n) is 4.88. The van der Waals surface area contributed by atoms with Gasteiger partial charge in [0.2, 0.25) is 0 Å². The molecule has 0 aliphatic rings. The Hall–Kier alpha value is -0.570. The standard InChI is InChI=1S/C11H16ClNO/c1-2-13-8-7-11(14)9-3-5-10(12)6-4-9/h3-6,11,13-14H,2,7-8H2,1H3/t11-/m1/s1. The highest BCUT2D eigenvalue weighted by molar-refractivity contribution is 6.30. The third kappa shape index (κ3) is 3.66. The van der Waals surface area contributed by atoms with Gasteiger partial charge in [-0.05, 0) is 37.2 Å². The Morgan fingerprint density at radius 1 is 1.36 bits per heavy atom. The highest BCUT2D eigenvalue weighted by Gasteiger charge is 2.05. The third-order valence-corrected chi connectivity index (χ3v) is 2.35. The molecule has 0 bridgehead atoms. The smallest absolute Gasteiger partial charge is 0.0802 e. The Morgan fingerprint density at radius 3 is 2.57 bits per heavy atom. The summed E-state index contributed by atoms with van der Waals surface area (Å²) in [5.41, 5.74) is 0.923. The minimum Gasteiger partial charge on any atom is -0.388 e. The summed E-state index contributed by atoms with van der Waals surface area (Å²) in [7, 11) is 0. The molecule has 0 spiro atoms. The Balaban J connectivity index is 2.43. The molecule has 1 aromatic rings. The first kappa shape index (κ1) is 11.5. The second kappa shape index (κ2) is 6.02. The molecule has 1 rings (SSSR count). The summed E-state index contributed by atoms with van der Waals surface area (Å²) in [5.74, 6) is 0. The van der Waals surface area contributed by atoms with Crippen molar-refractivity contribution in [2.75, 3.05) is 13.1 Å². The van der Waals surface area contributed by atoms with Gasteiger partial charge in [0, 0.05) is 5.02 Å². The van der Waals surface area contributed by atoms with Crippen molar-refractivity contribution in [2.24, 2.45) is 0 Å². The fraction of sp³-hybridized carbons (Fsp3) is 0.455. The van der Waals surface area contributed by atoms with Crippen molar-refractivity contribution in [2.45, 2.75) is 19.4 Å². The fourth-order valence-electron chi connectivity index (χ4n) is 1.27. The van der Waals surface area contributed by atoms with E-state index in [1.54, 1.807) is 12.1 Å². The van der Waals surface area contributed by atoms with Crippen molar-refractivity contribution in [1.29, 1.82) is 0 Å². The molecule has 2 nitrogen and oxygen atoms in total. The highest BCUT2D eigenvalue weighted by Crippen LogP contribution is 2.18. The first-order valence-corrected chi connectivity index (χ1v) is 5.26. The van der Waals surface area contributed by atoms with Crippen LogP contribution in [0.1, 0.15) is 25.0 Å². The molecule has 0 amide bonds. The maximum absolute atomic E-state index is 9.75. The van der Waals surface area contributed by atoms with Crippen LogP contribution in [0.15, 0.2) is 24.3 Å². The molecule has 0 aliphatic heterocycles. The quantitative estimate of drug-likeness (QED) is 0.737. The molecular formula is C11H16ClNO. The normalized spacial score (nSPS) is 12.8. The van der Waals surface area contributed by atoms with E-state index in [0.717, 1.165) is 25.1 Å². The summed E-state index contributed by atoms with van der Waals surface area (Å²) < 4.78 is 0. The van der Waals surface area contributed by atoms with Gasteiger partial charge in [-0.2, -0.15) is 0 Å². The zero-order valence-electron chi connectivity index (χ0n) is 8.33. The van der Waals surface area contributed by atoms with E-state index in [0.29, 0.717) is 5.02 Å². The molecule has 14 heavy (non-hydrogen) atoms. The number of hydrogen-bond donors (Lipinski definition) is 2. The van der Waals surface area contributed by atoms with E-state index < -0.39 is 6.10 Å². The molecule has 0 fully saturated rings. The van der Waals surface area contributed by atoms with Gasteiger partial charge in [0.05, 0.1) is 6.10 Å². The predicted molar refractivity (Wildman–Crippen MR) is 59.6 cm³/mol. The van der Waals surface area contributed by atoms with Gasteiger partial charge >= 0.3 is 0 Å². The lowest BCUT2D eigenvalue weighted by Crippen LogP contribution is -2.16. The van der Waals surface area contributed by atoms with E-state index in [-0.39, 0.29) is 0 Å². The predicted octanol–water partition coefficient (Wildman–Crippen LogP) is 2.37. The second-order valence-electron chi connectivity index (χ2n) is 3.21. The molecule has 0 saturated heterocycles. The van der Waals surface area contributed by atoms with Gasteiger partial charge in [0.15, 0.2) is 0 Å². The topological polar surface area (TPSA) is 32.3 Å². The molecule has 3 heteroatoms. The third-order valence-electron chi connectivity index (χ3n) is 2.10. The Kier molecular flexibility index (Phi) is 4.94. The van der Waals surface area contributed by atoms with E-state index in [4.69, 9.17) is 11.6 Å². The maximum atomic E-state index is 9.75. The highest BCUT2D eigenvalue weighted by atomic mass is 35.5. The average Bonchev–Trinajstić information content (AvgIpc) is 2.19. The molecular weight excluding hydrogens is 198 g/mol. The van der Waals surface area contributed by atoms with Gasteiger partial charge in [-0.3, -0.25) is 0 Å². The van der Waals surface area contributed by atoms with Crippen molar-refractivity contribution < 1.29 is 5.11 Å². The lowest BCUT2D eigenvalue weighted by molar-refractivity contribution is 0.167. The van der Waals surface area contributed by atoms with Crippen LogP contribution in [-0.4, -0.2) is 18.2 Å². The average molecular weight is 214 g/mol. The Labute approximate surface area is 89.9 Å². The zero-order valence-corrected chi connectivity index (χ0v) is 9.09. The number of aliphatic hydroxyl groups is 1. The number of aliphatic hydroxyl groups excluding tert-OH is 1. The van der Waals surface area contributed by atoms with Gasteiger partial charge < -0.3 is 10.4 Å². The Morgan fingerprint density at radius 2 is 2.00 bits per heavy atom. The summed E-state index contributed by atoms with van der Waals surface area (Å²) in [4.78, 5) is 0. The van der Waals surface area contributed by atoms with Crippen LogP contribution >= 0.6 is 11.6 Å². The van der Waals surface area contributed by atoms with E-state index in [2.05, 4.69) is 12.2 Å². The van der Waals surface area contributed by atoms with Gasteiger partial charge in [-0.25, -0.2) is 0 Å². The number of halogens is 1. The second-order valence-corrected chi connectivity index (χ2v) is 3.65. The number of hydrogen-bond acceptors (Lipinski definition) is 2. The van der Waals surface area contributed by atoms with Gasteiger partial charge in [0.25, 0.3) is 0 Å². The summed E-state index contributed by atoms with van der Waals surface area (Å²) in [6.07, 6.45) is 0.335. The van der Waals surface area contributed by atoms with Gasteiger partial charge in [0.1, 0.15) is 0 Å². The minimum atomic E-state index is -0.397. The fourth-order valence-corrected chi connectivity index (χ4v) is 1.39. The SMILES string of the molecule is CCNCC[C@@H](O)c1ccc(Cl)cc1. The van der Waals surface area contributed by atoms with Crippen molar-refractivity contribution in [3.8, 4) is 0 Å². The van der Waals surface area contributed by atoms with E-state index in [9.17, 15) is 5.11 Å². The lowest BCUT2D eigenvalue weighted by atomic mass is 10.1. The molecule has 0 radical (unpaired) electrons. The molecule has 1 atom stereocenters. The van der Waals surface area contributed by atoms with Gasteiger partial charge in [-0.15, -0.1) is 0 Å². The van der Waals surface area contributed by atoms with E-state index in [1.807, 2.05) is 12.1 Å². The zero-order chi connectivity index (χ0) is 10.4. The van der Waals surface area contributed by atoms with Crippen molar-refractivity contribution in [3.63, 3.8) is 0 Å². The molecule has 0 heterocycles. The summed E-state index contributed by atoms with van der Waals surface area (Å²) in [6.45, 7) is 3.82. The van der Waals surface area contributed by atoms with E-state index >= 15 is 0 Å². The Bertz CT molecular complexity index is 260. The van der Waals surface area contributed by atoms with Gasteiger partial charge in [-0.1, -0.05) is 30.7 Å². The van der Waals surface area contributed by atoms with Crippen LogP contribution in [-0.2, 0) is 0 Å². The van der Waals surface area contributed by atoms with Crippen molar-refractivity contribution in [1.82, 2.24) is 5.32 Å². The molecule has 0 unspecified atom stereocenters. The van der Waals surface area contributed by atoms with Crippen LogP contribution in [0.4, 0.5) is 0 Å². The molecule has 1 aromatic carbocycles.